The zero-order valence-corrected chi connectivity index (χ0v) is 9.40. The molecule has 1 aromatic rings. The Balaban J connectivity index is 2.32. The lowest BCUT2D eigenvalue weighted by Crippen LogP contribution is -2.18. The normalized spacial score (nSPS) is 14.2. The van der Waals surface area contributed by atoms with E-state index in [1.165, 1.54) is 19.2 Å². The number of ether oxygens (including phenoxy) is 1. The highest BCUT2D eigenvalue weighted by Crippen LogP contribution is 2.29. The molecule has 1 aromatic carbocycles. The van der Waals surface area contributed by atoms with E-state index in [1.807, 2.05) is 0 Å². The van der Waals surface area contributed by atoms with E-state index >= 15 is 0 Å². The molecular formula is C12H13NO4. The molecule has 1 saturated carbocycles. The number of rotatable bonds is 4. The minimum Gasteiger partial charge on any atom is -0.490 e. The molecule has 0 aromatic heterocycles. The molecule has 90 valence electrons. The zero-order valence-electron chi connectivity index (χ0n) is 9.40. The predicted octanol–water partition coefficient (Wildman–Crippen LogP) is 1.29. The number of benzene rings is 1. The van der Waals surface area contributed by atoms with Crippen LogP contribution in [0.3, 0.4) is 0 Å². The molecule has 1 fully saturated rings. The monoisotopic (exact) mass is 235 g/mol. The lowest BCUT2D eigenvalue weighted by atomic mass is 10.1. The van der Waals surface area contributed by atoms with Crippen LogP contribution in [0.5, 0.6) is 5.75 Å². The van der Waals surface area contributed by atoms with Crippen molar-refractivity contribution in [2.75, 3.05) is 7.05 Å². The highest BCUT2D eigenvalue weighted by molar-refractivity contribution is 5.98. The third-order valence-corrected chi connectivity index (χ3v) is 2.52. The highest BCUT2D eigenvalue weighted by Gasteiger charge is 2.26. The van der Waals surface area contributed by atoms with Crippen molar-refractivity contribution < 1.29 is 19.4 Å². The number of amides is 1. The first-order chi connectivity index (χ1) is 8.11. The molecule has 0 bridgehead atoms. The quantitative estimate of drug-likeness (QED) is 0.824. The van der Waals surface area contributed by atoms with Gasteiger partial charge in [0.2, 0.25) is 0 Å². The lowest BCUT2D eigenvalue weighted by Gasteiger charge is -2.09. The number of aromatic carboxylic acids is 1. The first-order valence-electron chi connectivity index (χ1n) is 5.38. The molecule has 0 atom stereocenters. The van der Waals surface area contributed by atoms with Crippen LogP contribution in [0.25, 0.3) is 0 Å². The number of carbonyl (C=O) groups excluding carboxylic acids is 1. The number of carboxylic acids is 1. The molecule has 1 aliphatic carbocycles. The van der Waals surface area contributed by atoms with Gasteiger partial charge in [0.25, 0.3) is 5.91 Å². The van der Waals surface area contributed by atoms with Gasteiger partial charge >= 0.3 is 5.97 Å². The Bertz CT molecular complexity index is 466. The maximum atomic E-state index is 11.4. The highest BCUT2D eigenvalue weighted by atomic mass is 16.5. The first kappa shape index (κ1) is 11.4. The summed E-state index contributed by atoms with van der Waals surface area (Å²) in [5.41, 5.74) is 0.339. The molecule has 0 spiro atoms. The molecule has 0 radical (unpaired) electrons. The van der Waals surface area contributed by atoms with E-state index in [-0.39, 0.29) is 17.6 Å². The molecule has 2 N–H and O–H groups in total. The maximum absolute atomic E-state index is 11.4. The molecule has 5 nitrogen and oxygen atoms in total. The smallest absolute Gasteiger partial charge is 0.339 e. The van der Waals surface area contributed by atoms with Crippen molar-refractivity contribution in [2.24, 2.45) is 0 Å². The minimum atomic E-state index is -1.09. The van der Waals surface area contributed by atoms with E-state index in [1.54, 1.807) is 6.07 Å². The molecular weight excluding hydrogens is 222 g/mol. The van der Waals surface area contributed by atoms with Crippen molar-refractivity contribution in [2.45, 2.75) is 18.9 Å². The predicted molar refractivity (Wildman–Crippen MR) is 60.4 cm³/mol. The standard InChI is InChI=1S/C12H13NO4/c1-13-11(14)7-2-5-10(17-8-3-4-8)9(6-7)12(15)16/h2,5-6,8H,3-4H2,1H3,(H,13,14)(H,15,16). The fraction of sp³-hybridized carbons (Fsp3) is 0.333. The summed E-state index contributed by atoms with van der Waals surface area (Å²) in [6, 6.07) is 4.42. The number of hydrogen-bond donors (Lipinski definition) is 2. The van der Waals surface area contributed by atoms with Crippen LogP contribution in [-0.2, 0) is 0 Å². The SMILES string of the molecule is CNC(=O)c1ccc(OC2CC2)c(C(=O)O)c1. The van der Waals surface area contributed by atoms with Crippen LogP contribution >= 0.6 is 0 Å². The van der Waals surface area contributed by atoms with Crippen LogP contribution in [-0.4, -0.2) is 30.1 Å². The number of carbonyl (C=O) groups is 2. The summed E-state index contributed by atoms with van der Waals surface area (Å²) in [6.07, 6.45) is 2.03. The van der Waals surface area contributed by atoms with Crippen molar-refractivity contribution in [3.63, 3.8) is 0 Å². The van der Waals surface area contributed by atoms with Gasteiger partial charge in [-0.25, -0.2) is 4.79 Å². The average Bonchev–Trinajstić information content (AvgIpc) is 3.12. The van der Waals surface area contributed by atoms with Crippen molar-refractivity contribution in [1.82, 2.24) is 5.32 Å². The molecule has 0 saturated heterocycles. The van der Waals surface area contributed by atoms with Crippen LogP contribution in [0.1, 0.15) is 33.6 Å². The second-order valence-corrected chi connectivity index (χ2v) is 3.91. The Kier molecular flexibility index (Phi) is 2.99. The van der Waals surface area contributed by atoms with Crippen LogP contribution in [0, 0.1) is 0 Å². The fourth-order valence-corrected chi connectivity index (χ4v) is 1.45. The van der Waals surface area contributed by atoms with Gasteiger partial charge in [0, 0.05) is 12.6 Å². The maximum Gasteiger partial charge on any atom is 0.339 e. The van der Waals surface area contributed by atoms with Crippen molar-refractivity contribution in [3.8, 4) is 5.75 Å². The van der Waals surface area contributed by atoms with Crippen LogP contribution in [0.2, 0.25) is 0 Å². The van der Waals surface area contributed by atoms with Gasteiger partial charge in [-0.2, -0.15) is 0 Å². The van der Waals surface area contributed by atoms with E-state index in [2.05, 4.69) is 5.32 Å². The van der Waals surface area contributed by atoms with Gasteiger partial charge < -0.3 is 15.2 Å². The Labute approximate surface area is 98.4 Å². The molecule has 0 heterocycles. The van der Waals surface area contributed by atoms with Crippen molar-refractivity contribution in [3.05, 3.63) is 29.3 Å². The third kappa shape index (κ3) is 2.55. The Morgan fingerprint density at radius 3 is 2.65 bits per heavy atom. The fourth-order valence-electron chi connectivity index (χ4n) is 1.45. The largest absolute Gasteiger partial charge is 0.490 e. The second-order valence-electron chi connectivity index (χ2n) is 3.91. The van der Waals surface area contributed by atoms with E-state index < -0.39 is 5.97 Å². The molecule has 0 unspecified atom stereocenters. The van der Waals surface area contributed by atoms with Crippen molar-refractivity contribution in [1.29, 1.82) is 0 Å². The summed E-state index contributed by atoms with van der Waals surface area (Å²) in [6.45, 7) is 0. The molecule has 1 aliphatic rings. The van der Waals surface area contributed by atoms with E-state index in [0.717, 1.165) is 12.8 Å². The number of carboxylic acid groups (broad SMARTS) is 1. The van der Waals surface area contributed by atoms with Crippen LogP contribution in [0.15, 0.2) is 18.2 Å². The summed E-state index contributed by atoms with van der Waals surface area (Å²) >= 11 is 0. The molecule has 17 heavy (non-hydrogen) atoms. The summed E-state index contributed by atoms with van der Waals surface area (Å²) in [5, 5.41) is 11.5. The Hall–Kier alpha value is -2.04. The van der Waals surface area contributed by atoms with Crippen LogP contribution < -0.4 is 10.1 Å². The van der Waals surface area contributed by atoms with Crippen molar-refractivity contribution >= 4 is 11.9 Å². The van der Waals surface area contributed by atoms with Gasteiger partial charge in [0.15, 0.2) is 0 Å². The summed E-state index contributed by atoms with van der Waals surface area (Å²) in [5.74, 6) is -1.08. The minimum absolute atomic E-state index is 0.0259. The summed E-state index contributed by atoms with van der Waals surface area (Å²) in [7, 11) is 1.50. The van der Waals surface area contributed by atoms with E-state index in [0.29, 0.717) is 11.3 Å². The summed E-state index contributed by atoms with van der Waals surface area (Å²) in [4.78, 5) is 22.5. The van der Waals surface area contributed by atoms with Gasteiger partial charge in [-0.05, 0) is 31.0 Å². The Morgan fingerprint density at radius 1 is 1.41 bits per heavy atom. The van der Waals surface area contributed by atoms with Crippen LogP contribution in [0.4, 0.5) is 0 Å². The molecule has 0 aliphatic heterocycles. The summed E-state index contributed by atoms with van der Waals surface area (Å²) < 4.78 is 5.47. The van der Waals surface area contributed by atoms with E-state index in [9.17, 15) is 9.59 Å². The molecule has 5 heteroatoms. The molecule has 2 rings (SSSR count). The molecule has 1 amide bonds. The van der Waals surface area contributed by atoms with E-state index in [4.69, 9.17) is 9.84 Å². The van der Waals surface area contributed by atoms with Gasteiger partial charge in [-0.3, -0.25) is 4.79 Å². The lowest BCUT2D eigenvalue weighted by molar-refractivity contribution is 0.0692. The zero-order chi connectivity index (χ0) is 12.4. The Morgan fingerprint density at radius 2 is 2.12 bits per heavy atom. The topological polar surface area (TPSA) is 75.6 Å². The number of hydrogen-bond acceptors (Lipinski definition) is 3. The van der Waals surface area contributed by atoms with Gasteiger partial charge in [-0.15, -0.1) is 0 Å². The van der Waals surface area contributed by atoms with Gasteiger partial charge in [0.1, 0.15) is 11.3 Å². The third-order valence-electron chi connectivity index (χ3n) is 2.52. The average molecular weight is 235 g/mol. The second kappa shape index (κ2) is 4.45. The van der Waals surface area contributed by atoms with Gasteiger partial charge in [-0.1, -0.05) is 0 Å². The van der Waals surface area contributed by atoms with Gasteiger partial charge in [0.05, 0.1) is 6.10 Å². The number of nitrogens with one attached hydrogen (secondary N) is 1. The first-order valence-corrected chi connectivity index (χ1v) is 5.38.